The molecule has 0 saturated carbocycles. The van der Waals surface area contributed by atoms with Gasteiger partial charge in [-0.25, -0.2) is 0 Å². The Kier molecular flexibility index (Phi) is 3.35. The summed E-state index contributed by atoms with van der Waals surface area (Å²) < 4.78 is 4.94. The second-order valence-corrected chi connectivity index (χ2v) is 4.56. The fraction of sp³-hybridized carbons (Fsp3) is 0. The summed E-state index contributed by atoms with van der Waals surface area (Å²) in [5.74, 6) is 0. The first-order chi connectivity index (χ1) is 7.74. The zero-order valence-corrected chi connectivity index (χ0v) is 10.2. The molecule has 0 saturated heterocycles. The molecular formula is C11H5Cl2NOS. The lowest BCUT2D eigenvalue weighted by Crippen LogP contribution is -1.81. The second-order valence-electron chi connectivity index (χ2n) is 2.89. The molecule has 2 aromatic rings. The van der Waals surface area contributed by atoms with Crippen LogP contribution in [0.3, 0.4) is 0 Å². The third-order valence-electron chi connectivity index (χ3n) is 1.95. The maximum atomic E-state index is 9.10. The third-order valence-corrected chi connectivity index (χ3v) is 3.53. The molecule has 0 aliphatic heterocycles. The Hall–Kier alpha value is -1.21. The number of halogens is 2. The van der Waals surface area contributed by atoms with E-state index in [0.717, 1.165) is 4.88 Å². The minimum absolute atomic E-state index is 0.189. The average Bonchev–Trinajstić information content (AvgIpc) is 2.90. The van der Waals surface area contributed by atoms with E-state index in [9.17, 15) is 0 Å². The maximum absolute atomic E-state index is 9.10. The van der Waals surface area contributed by atoms with Crippen molar-refractivity contribution < 1.29 is 4.42 Å². The molecule has 0 aliphatic rings. The highest BCUT2D eigenvalue weighted by molar-refractivity contribution is 7.11. The average molecular weight is 270 g/mol. The van der Waals surface area contributed by atoms with Crippen molar-refractivity contribution in [3.8, 4) is 6.07 Å². The van der Waals surface area contributed by atoms with Crippen molar-refractivity contribution in [2.24, 2.45) is 0 Å². The van der Waals surface area contributed by atoms with Crippen LogP contribution in [0.25, 0.3) is 10.6 Å². The summed E-state index contributed by atoms with van der Waals surface area (Å²) >= 11 is 13.4. The molecule has 0 fully saturated rings. The van der Waals surface area contributed by atoms with Crippen LogP contribution in [0.2, 0.25) is 5.22 Å². The van der Waals surface area contributed by atoms with Crippen LogP contribution in [0, 0.1) is 11.3 Å². The fourth-order valence-corrected chi connectivity index (χ4v) is 2.55. The molecule has 0 bridgehead atoms. The van der Waals surface area contributed by atoms with Gasteiger partial charge in [0, 0.05) is 4.88 Å². The Balaban J connectivity index is 2.56. The Bertz CT molecular complexity index is 563. The lowest BCUT2D eigenvalue weighted by Gasteiger charge is -1.99. The van der Waals surface area contributed by atoms with Gasteiger partial charge in [0.15, 0.2) is 0 Å². The van der Waals surface area contributed by atoms with E-state index in [1.165, 1.54) is 17.6 Å². The van der Waals surface area contributed by atoms with Gasteiger partial charge in [-0.1, -0.05) is 17.7 Å². The Morgan fingerprint density at radius 2 is 2.25 bits per heavy atom. The molecule has 0 amide bonds. The zero-order valence-electron chi connectivity index (χ0n) is 7.91. The van der Waals surface area contributed by atoms with Crippen molar-refractivity contribution in [1.82, 2.24) is 0 Å². The van der Waals surface area contributed by atoms with E-state index in [1.807, 2.05) is 17.5 Å². The van der Waals surface area contributed by atoms with Crippen LogP contribution in [0.15, 0.2) is 34.3 Å². The molecule has 2 nitrogen and oxygen atoms in total. The van der Waals surface area contributed by atoms with Gasteiger partial charge in [0.1, 0.15) is 6.07 Å². The number of thiophene rings is 1. The van der Waals surface area contributed by atoms with E-state index in [4.69, 9.17) is 32.9 Å². The molecule has 2 heterocycles. The summed E-state index contributed by atoms with van der Waals surface area (Å²) in [6.45, 7) is 0. The van der Waals surface area contributed by atoms with Gasteiger partial charge in [-0.05, 0) is 29.1 Å². The summed E-state index contributed by atoms with van der Waals surface area (Å²) in [6.07, 6.45) is 1.43. The summed E-state index contributed by atoms with van der Waals surface area (Å²) in [7, 11) is 0. The molecule has 0 aromatic carbocycles. The van der Waals surface area contributed by atoms with Gasteiger partial charge < -0.3 is 4.42 Å². The quantitative estimate of drug-likeness (QED) is 0.746. The molecular weight excluding hydrogens is 265 g/mol. The Morgan fingerprint density at radius 3 is 2.75 bits per heavy atom. The number of rotatable bonds is 2. The van der Waals surface area contributed by atoms with E-state index in [0.29, 0.717) is 16.2 Å². The zero-order chi connectivity index (χ0) is 11.5. The minimum atomic E-state index is 0.189. The first-order valence-corrected chi connectivity index (χ1v) is 5.94. The highest BCUT2D eigenvalue weighted by Gasteiger charge is 2.14. The predicted octanol–water partition coefficient (Wildman–Crippen LogP) is 4.63. The minimum Gasteiger partial charge on any atom is -0.452 e. The lowest BCUT2D eigenvalue weighted by molar-refractivity contribution is 0.569. The van der Waals surface area contributed by atoms with Crippen LogP contribution in [-0.4, -0.2) is 0 Å². The highest BCUT2D eigenvalue weighted by Crippen LogP contribution is 2.35. The number of furan rings is 1. The summed E-state index contributed by atoms with van der Waals surface area (Å²) in [5, 5.41) is 11.5. The van der Waals surface area contributed by atoms with Crippen molar-refractivity contribution in [1.29, 1.82) is 5.26 Å². The van der Waals surface area contributed by atoms with Gasteiger partial charge in [0.25, 0.3) is 0 Å². The maximum Gasteiger partial charge on any atom is 0.201 e. The smallest absolute Gasteiger partial charge is 0.201 e. The second kappa shape index (κ2) is 4.75. The van der Waals surface area contributed by atoms with Crippen LogP contribution >= 0.6 is 34.5 Å². The molecule has 2 aromatic heterocycles. The molecule has 0 N–H and O–H groups in total. The van der Waals surface area contributed by atoms with Gasteiger partial charge in [0.05, 0.1) is 22.4 Å². The van der Waals surface area contributed by atoms with E-state index in [2.05, 4.69) is 6.07 Å². The van der Waals surface area contributed by atoms with Gasteiger partial charge >= 0.3 is 0 Å². The van der Waals surface area contributed by atoms with E-state index in [-0.39, 0.29) is 5.22 Å². The lowest BCUT2D eigenvalue weighted by atomic mass is 10.1. The SMILES string of the molecule is N#C/C(=C(/Cl)c1ccoc1Cl)c1cccs1. The Morgan fingerprint density at radius 1 is 1.44 bits per heavy atom. The van der Waals surface area contributed by atoms with E-state index < -0.39 is 0 Å². The van der Waals surface area contributed by atoms with Crippen LogP contribution in [0.4, 0.5) is 0 Å². The van der Waals surface area contributed by atoms with Gasteiger partial charge in [-0.3, -0.25) is 0 Å². The van der Waals surface area contributed by atoms with Gasteiger partial charge in [0.2, 0.25) is 5.22 Å². The molecule has 0 aliphatic carbocycles. The standard InChI is InChI=1S/C11H5Cl2NOS/c12-10(7-3-4-15-11(7)13)8(6-14)9-2-1-5-16-9/h1-5H/b10-8-. The van der Waals surface area contributed by atoms with Crippen LogP contribution in [0.1, 0.15) is 10.4 Å². The van der Waals surface area contributed by atoms with Crippen molar-refractivity contribution in [2.75, 3.05) is 0 Å². The van der Waals surface area contributed by atoms with Crippen LogP contribution < -0.4 is 0 Å². The number of allylic oxidation sites excluding steroid dienone is 1. The molecule has 0 spiro atoms. The van der Waals surface area contributed by atoms with Crippen molar-refractivity contribution in [3.63, 3.8) is 0 Å². The first-order valence-electron chi connectivity index (χ1n) is 4.31. The summed E-state index contributed by atoms with van der Waals surface area (Å²) in [6, 6.07) is 7.40. The molecule has 5 heteroatoms. The van der Waals surface area contributed by atoms with E-state index in [1.54, 1.807) is 6.07 Å². The molecule has 0 radical (unpaired) electrons. The molecule has 16 heavy (non-hydrogen) atoms. The number of nitriles is 1. The van der Waals surface area contributed by atoms with Crippen molar-refractivity contribution in [3.05, 3.63) is 45.5 Å². The number of hydrogen-bond donors (Lipinski definition) is 0. The van der Waals surface area contributed by atoms with Crippen LogP contribution in [0.5, 0.6) is 0 Å². The summed E-state index contributed by atoms with van der Waals surface area (Å²) in [5.41, 5.74) is 0.938. The van der Waals surface area contributed by atoms with Gasteiger partial charge in [-0.2, -0.15) is 5.26 Å². The Labute approximate surface area is 106 Å². The number of hydrogen-bond acceptors (Lipinski definition) is 3. The van der Waals surface area contributed by atoms with Gasteiger partial charge in [-0.15, -0.1) is 11.3 Å². The highest BCUT2D eigenvalue weighted by atomic mass is 35.5. The first kappa shape index (κ1) is 11.3. The largest absolute Gasteiger partial charge is 0.452 e. The summed E-state index contributed by atoms with van der Waals surface area (Å²) in [4.78, 5) is 0.810. The van der Waals surface area contributed by atoms with Crippen molar-refractivity contribution in [2.45, 2.75) is 0 Å². The molecule has 0 unspecified atom stereocenters. The van der Waals surface area contributed by atoms with Crippen LogP contribution in [-0.2, 0) is 0 Å². The molecule has 80 valence electrons. The van der Waals surface area contributed by atoms with Crippen molar-refractivity contribution >= 4 is 45.1 Å². The third kappa shape index (κ3) is 2.00. The topological polar surface area (TPSA) is 36.9 Å². The molecule has 0 atom stereocenters. The predicted molar refractivity (Wildman–Crippen MR) is 66.3 cm³/mol. The monoisotopic (exact) mass is 269 g/mol. The van der Waals surface area contributed by atoms with E-state index >= 15 is 0 Å². The molecule has 2 rings (SSSR count). The number of nitrogens with zero attached hydrogens (tertiary/aromatic N) is 1. The fourth-order valence-electron chi connectivity index (χ4n) is 1.22. The normalized spacial score (nSPS) is 12.1.